The molecule has 2 aromatic carbocycles. The molecule has 0 aliphatic carbocycles. The van der Waals surface area contributed by atoms with Gasteiger partial charge in [0.25, 0.3) is 0 Å². The summed E-state index contributed by atoms with van der Waals surface area (Å²) in [5.41, 5.74) is 2.23. The minimum absolute atomic E-state index is 0.0445. The van der Waals surface area contributed by atoms with Gasteiger partial charge < -0.3 is 10.1 Å². The molecule has 0 fully saturated rings. The molecule has 9 heteroatoms. The van der Waals surface area contributed by atoms with Crippen LogP contribution >= 0.6 is 11.3 Å². The van der Waals surface area contributed by atoms with Gasteiger partial charge in [0.15, 0.2) is 5.78 Å². The first-order chi connectivity index (χ1) is 15.3. The zero-order valence-electron chi connectivity index (χ0n) is 18.0. The number of ketones is 1. The number of benzene rings is 2. The van der Waals surface area contributed by atoms with E-state index in [-0.39, 0.29) is 29.4 Å². The fourth-order valence-corrected chi connectivity index (χ4v) is 4.93. The summed E-state index contributed by atoms with van der Waals surface area (Å²) in [5.74, 6) is -0.771. The molecule has 0 saturated carbocycles. The second kappa shape index (κ2) is 10.1. The third-order valence-electron chi connectivity index (χ3n) is 4.70. The van der Waals surface area contributed by atoms with Gasteiger partial charge in [0.1, 0.15) is 10.6 Å². The van der Waals surface area contributed by atoms with Gasteiger partial charge >= 0.3 is 5.97 Å². The van der Waals surface area contributed by atoms with Crippen molar-refractivity contribution in [2.75, 3.05) is 32.6 Å². The van der Waals surface area contributed by atoms with Crippen LogP contribution in [0.15, 0.2) is 64.9 Å². The highest BCUT2D eigenvalue weighted by atomic mass is 32.2. The standard InChI is InChI=1S/C23H24N2O5S2/c1-4-30-23(27)21-19(16-9-6-5-7-10-16)15-31-22(21)24-14-20(26)17-11-8-12-18(13-17)32(28,29)25(2)3/h5-13,15,24H,4,14H2,1-3H3. The van der Waals surface area contributed by atoms with E-state index < -0.39 is 16.0 Å². The second-order valence-corrected chi connectivity index (χ2v) is 10.1. The van der Waals surface area contributed by atoms with Gasteiger partial charge in [0.05, 0.1) is 18.0 Å². The van der Waals surface area contributed by atoms with Crippen molar-refractivity contribution in [3.8, 4) is 11.1 Å². The molecule has 0 saturated heterocycles. The molecule has 0 atom stereocenters. The van der Waals surface area contributed by atoms with Crippen LogP contribution in [-0.4, -0.2) is 51.7 Å². The van der Waals surface area contributed by atoms with Gasteiger partial charge in [-0.25, -0.2) is 17.5 Å². The monoisotopic (exact) mass is 472 g/mol. The van der Waals surface area contributed by atoms with E-state index in [1.54, 1.807) is 13.0 Å². The molecule has 0 aliphatic heterocycles. The number of hydrogen-bond acceptors (Lipinski definition) is 7. The number of rotatable bonds is 9. The minimum Gasteiger partial charge on any atom is -0.462 e. The smallest absolute Gasteiger partial charge is 0.341 e. The van der Waals surface area contributed by atoms with Crippen molar-refractivity contribution in [2.45, 2.75) is 11.8 Å². The molecule has 0 amide bonds. The van der Waals surface area contributed by atoms with Gasteiger partial charge in [0.2, 0.25) is 10.0 Å². The van der Waals surface area contributed by atoms with Crippen LogP contribution in [0.2, 0.25) is 0 Å². The summed E-state index contributed by atoms with van der Waals surface area (Å²) in [6, 6.07) is 15.4. The quantitative estimate of drug-likeness (QED) is 0.372. The molecule has 32 heavy (non-hydrogen) atoms. The predicted molar refractivity (Wildman–Crippen MR) is 126 cm³/mol. The van der Waals surface area contributed by atoms with Crippen LogP contribution in [-0.2, 0) is 14.8 Å². The summed E-state index contributed by atoms with van der Waals surface area (Å²) in [4.78, 5) is 25.5. The van der Waals surface area contributed by atoms with Gasteiger partial charge in [-0.2, -0.15) is 0 Å². The molecule has 0 bridgehead atoms. The molecular weight excluding hydrogens is 448 g/mol. The summed E-state index contributed by atoms with van der Waals surface area (Å²) in [5, 5.41) is 5.40. The number of ether oxygens (including phenoxy) is 1. The number of esters is 1. The number of hydrogen-bond donors (Lipinski definition) is 1. The fraction of sp³-hybridized carbons (Fsp3) is 0.217. The van der Waals surface area contributed by atoms with Crippen molar-refractivity contribution in [2.24, 2.45) is 0 Å². The summed E-state index contributed by atoms with van der Waals surface area (Å²) in [6.07, 6.45) is 0. The Bertz CT molecular complexity index is 1220. The van der Waals surface area contributed by atoms with Crippen molar-refractivity contribution < 1.29 is 22.7 Å². The number of nitrogens with zero attached hydrogens (tertiary/aromatic N) is 1. The highest BCUT2D eigenvalue weighted by Gasteiger charge is 2.23. The summed E-state index contributed by atoms with van der Waals surface area (Å²) in [7, 11) is -0.782. The highest BCUT2D eigenvalue weighted by molar-refractivity contribution is 7.89. The van der Waals surface area contributed by atoms with Crippen molar-refractivity contribution in [3.05, 3.63) is 71.1 Å². The van der Waals surface area contributed by atoms with Crippen LogP contribution in [0.25, 0.3) is 11.1 Å². The van der Waals surface area contributed by atoms with E-state index in [1.165, 1.54) is 43.6 Å². The number of carbonyl (C=O) groups excluding carboxylic acids is 2. The fourth-order valence-electron chi connectivity index (χ4n) is 3.03. The Balaban J connectivity index is 1.85. The van der Waals surface area contributed by atoms with Crippen molar-refractivity contribution in [1.82, 2.24) is 4.31 Å². The van der Waals surface area contributed by atoms with Crippen LogP contribution in [0.1, 0.15) is 27.6 Å². The first-order valence-corrected chi connectivity index (χ1v) is 12.2. The largest absolute Gasteiger partial charge is 0.462 e. The molecule has 168 valence electrons. The Morgan fingerprint density at radius 2 is 1.78 bits per heavy atom. The van der Waals surface area contributed by atoms with Crippen LogP contribution < -0.4 is 5.32 Å². The number of Topliss-reactive ketones (excluding diaryl/α,β-unsaturated/α-hetero) is 1. The lowest BCUT2D eigenvalue weighted by Crippen LogP contribution is -2.23. The molecule has 0 radical (unpaired) electrons. The maximum Gasteiger partial charge on any atom is 0.341 e. The number of nitrogens with one attached hydrogen (secondary N) is 1. The maximum atomic E-state index is 12.8. The SMILES string of the molecule is CCOC(=O)c1c(-c2ccccc2)csc1NCC(=O)c1cccc(S(=O)(=O)N(C)C)c1. The lowest BCUT2D eigenvalue weighted by Gasteiger charge is -2.12. The molecule has 0 aliphatic rings. The molecule has 0 spiro atoms. The highest BCUT2D eigenvalue weighted by Crippen LogP contribution is 2.36. The number of thiophene rings is 1. The van der Waals surface area contributed by atoms with Gasteiger partial charge in [-0.3, -0.25) is 4.79 Å². The number of anilines is 1. The maximum absolute atomic E-state index is 12.8. The van der Waals surface area contributed by atoms with E-state index in [9.17, 15) is 18.0 Å². The summed E-state index contributed by atoms with van der Waals surface area (Å²) in [6.45, 7) is 1.86. The number of sulfonamides is 1. The molecule has 7 nitrogen and oxygen atoms in total. The summed E-state index contributed by atoms with van der Waals surface area (Å²) >= 11 is 1.31. The Hall–Kier alpha value is -3.01. The van der Waals surface area contributed by atoms with Crippen molar-refractivity contribution >= 4 is 38.1 Å². The topological polar surface area (TPSA) is 92.8 Å². The Morgan fingerprint density at radius 1 is 1.06 bits per heavy atom. The normalized spacial score (nSPS) is 11.4. The van der Waals surface area contributed by atoms with Gasteiger partial charge in [0, 0.05) is 30.6 Å². The second-order valence-electron chi connectivity index (χ2n) is 7.03. The molecule has 1 N–H and O–H groups in total. The van der Waals surface area contributed by atoms with E-state index in [0.717, 1.165) is 15.4 Å². The zero-order chi connectivity index (χ0) is 23.3. The minimum atomic E-state index is -3.65. The molecular formula is C23H24N2O5S2. The van der Waals surface area contributed by atoms with Crippen LogP contribution in [0.3, 0.4) is 0 Å². The lowest BCUT2D eigenvalue weighted by molar-refractivity contribution is 0.0528. The first kappa shape index (κ1) is 23.6. The van der Waals surface area contributed by atoms with E-state index in [0.29, 0.717) is 10.6 Å². The molecule has 0 unspecified atom stereocenters. The molecule has 1 heterocycles. The third-order valence-corrected chi connectivity index (χ3v) is 7.45. The molecule has 3 rings (SSSR count). The van der Waals surface area contributed by atoms with Gasteiger partial charge in [-0.05, 0) is 24.6 Å². The molecule has 3 aromatic rings. The first-order valence-electron chi connectivity index (χ1n) is 9.89. The zero-order valence-corrected chi connectivity index (χ0v) is 19.6. The van der Waals surface area contributed by atoms with E-state index in [1.807, 2.05) is 35.7 Å². The average molecular weight is 473 g/mol. The van der Waals surface area contributed by atoms with E-state index in [4.69, 9.17) is 4.74 Å². The van der Waals surface area contributed by atoms with Gasteiger partial charge in [-0.1, -0.05) is 42.5 Å². The lowest BCUT2D eigenvalue weighted by atomic mass is 10.0. The number of carbonyl (C=O) groups is 2. The predicted octanol–water partition coefficient (Wildman–Crippen LogP) is 4.14. The van der Waals surface area contributed by atoms with Crippen LogP contribution in [0.4, 0.5) is 5.00 Å². The Kier molecular flexibility index (Phi) is 7.44. The Morgan fingerprint density at radius 3 is 2.44 bits per heavy atom. The average Bonchev–Trinajstić information content (AvgIpc) is 3.22. The summed E-state index contributed by atoms with van der Waals surface area (Å²) < 4.78 is 31.0. The van der Waals surface area contributed by atoms with Crippen LogP contribution in [0, 0.1) is 0 Å². The third kappa shape index (κ3) is 5.07. The van der Waals surface area contributed by atoms with Crippen LogP contribution in [0.5, 0.6) is 0 Å². The van der Waals surface area contributed by atoms with Crippen molar-refractivity contribution in [1.29, 1.82) is 0 Å². The van der Waals surface area contributed by atoms with Gasteiger partial charge in [-0.15, -0.1) is 11.3 Å². The van der Waals surface area contributed by atoms with E-state index >= 15 is 0 Å². The van der Waals surface area contributed by atoms with Crippen molar-refractivity contribution in [3.63, 3.8) is 0 Å². The Labute approximate surface area is 191 Å². The van der Waals surface area contributed by atoms with E-state index in [2.05, 4.69) is 5.32 Å². The molecule has 1 aromatic heterocycles.